The van der Waals surface area contributed by atoms with E-state index < -0.39 is 0 Å². The first kappa shape index (κ1) is 13.3. The van der Waals surface area contributed by atoms with Crippen LogP contribution in [0.25, 0.3) is 0 Å². The average Bonchev–Trinajstić information content (AvgIpc) is 2.87. The van der Waals surface area contributed by atoms with Gasteiger partial charge in [-0.1, -0.05) is 6.92 Å². The van der Waals surface area contributed by atoms with Gasteiger partial charge in [-0.15, -0.1) is 11.3 Å². The number of nitrogens with zero attached hydrogens (tertiary/aromatic N) is 2. The van der Waals surface area contributed by atoms with Gasteiger partial charge in [0.1, 0.15) is 0 Å². The van der Waals surface area contributed by atoms with Gasteiger partial charge < -0.3 is 14.4 Å². The maximum atomic E-state index is 11.2. The minimum Gasteiger partial charge on any atom is -0.469 e. The second kappa shape index (κ2) is 6.15. The lowest BCUT2D eigenvalue weighted by atomic mass is 10.2. The quantitative estimate of drug-likeness (QED) is 0.776. The third-order valence-corrected chi connectivity index (χ3v) is 3.88. The van der Waals surface area contributed by atoms with Crippen LogP contribution in [0, 0.1) is 0 Å². The highest BCUT2D eigenvalue weighted by Crippen LogP contribution is 2.23. The molecule has 0 aromatic carbocycles. The molecule has 0 spiro atoms. The summed E-state index contributed by atoms with van der Waals surface area (Å²) >= 11 is 1.65. The number of methoxy groups -OCH3 is 1. The van der Waals surface area contributed by atoms with E-state index >= 15 is 0 Å². The Balaban J connectivity index is 1.95. The van der Waals surface area contributed by atoms with E-state index in [1.807, 2.05) is 0 Å². The van der Waals surface area contributed by atoms with Crippen LogP contribution in [-0.4, -0.2) is 43.9 Å². The minimum atomic E-state index is -0.227. The largest absolute Gasteiger partial charge is 0.469 e. The summed E-state index contributed by atoms with van der Waals surface area (Å²) in [6.45, 7) is 4.25. The number of carbonyl (C=O) groups is 1. The molecule has 6 heteroatoms. The summed E-state index contributed by atoms with van der Waals surface area (Å²) in [6.07, 6.45) is 1.16. The van der Waals surface area contributed by atoms with Gasteiger partial charge in [0, 0.05) is 18.5 Å². The van der Waals surface area contributed by atoms with Crippen molar-refractivity contribution in [2.24, 2.45) is 0 Å². The Morgan fingerprint density at radius 1 is 1.72 bits per heavy atom. The molecule has 1 atom stereocenters. The van der Waals surface area contributed by atoms with Gasteiger partial charge in [-0.3, -0.25) is 4.79 Å². The lowest BCUT2D eigenvalue weighted by molar-refractivity contribution is -0.144. The molecule has 0 saturated carbocycles. The van der Waals surface area contributed by atoms with Gasteiger partial charge in [0.25, 0.3) is 0 Å². The highest BCUT2D eigenvalue weighted by molar-refractivity contribution is 7.13. The van der Waals surface area contributed by atoms with E-state index in [0.717, 1.165) is 23.8 Å². The van der Waals surface area contributed by atoms with Crippen LogP contribution < -0.4 is 4.90 Å². The zero-order valence-corrected chi connectivity index (χ0v) is 11.5. The third-order valence-electron chi connectivity index (χ3n) is 2.93. The number of aromatic nitrogens is 1. The molecule has 1 fully saturated rings. The molecule has 0 radical (unpaired) electrons. The van der Waals surface area contributed by atoms with Gasteiger partial charge in [-0.25, -0.2) is 4.98 Å². The number of morpholine rings is 1. The van der Waals surface area contributed by atoms with Crippen molar-refractivity contribution in [1.82, 2.24) is 4.98 Å². The van der Waals surface area contributed by atoms with Crippen molar-refractivity contribution in [3.8, 4) is 0 Å². The summed E-state index contributed by atoms with van der Waals surface area (Å²) in [4.78, 5) is 18.0. The number of hydrogen-bond donors (Lipinski definition) is 0. The zero-order chi connectivity index (χ0) is 13.0. The average molecular weight is 270 g/mol. The Kier molecular flexibility index (Phi) is 4.54. The van der Waals surface area contributed by atoms with Crippen LogP contribution in [0.1, 0.15) is 19.0 Å². The van der Waals surface area contributed by atoms with Crippen molar-refractivity contribution in [3.63, 3.8) is 0 Å². The second-order valence-electron chi connectivity index (χ2n) is 4.19. The smallest absolute Gasteiger partial charge is 0.308 e. The molecule has 1 aromatic heterocycles. The maximum absolute atomic E-state index is 11.2. The predicted octanol–water partition coefficient (Wildman–Crippen LogP) is 1.47. The van der Waals surface area contributed by atoms with Gasteiger partial charge in [-0.2, -0.15) is 0 Å². The number of thiazole rings is 1. The van der Waals surface area contributed by atoms with Crippen LogP contribution >= 0.6 is 11.3 Å². The molecular weight excluding hydrogens is 252 g/mol. The standard InChI is InChI=1S/C12H18N2O3S/c1-3-9-8-18-12(13-9)14-4-5-17-10(7-14)6-11(15)16-2/h8,10H,3-7H2,1-2H3. The molecule has 2 heterocycles. The number of ether oxygens (including phenoxy) is 2. The molecule has 0 aliphatic carbocycles. The van der Waals surface area contributed by atoms with E-state index in [-0.39, 0.29) is 12.1 Å². The van der Waals surface area contributed by atoms with E-state index in [1.165, 1.54) is 7.11 Å². The summed E-state index contributed by atoms with van der Waals surface area (Å²) in [6, 6.07) is 0. The summed E-state index contributed by atoms with van der Waals surface area (Å²) in [7, 11) is 1.40. The van der Waals surface area contributed by atoms with Crippen LogP contribution in [0.5, 0.6) is 0 Å². The Morgan fingerprint density at radius 3 is 3.22 bits per heavy atom. The second-order valence-corrected chi connectivity index (χ2v) is 5.03. The van der Waals surface area contributed by atoms with Crippen molar-refractivity contribution >= 4 is 22.4 Å². The fourth-order valence-electron chi connectivity index (χ4n) is 1.89. The molecule has 2 rings (SSSR count). The first-order chi connectivity index (χ1) is 8.72. The number of anilines is 1. The van der Waals surface area contributed by atoms with Crippen molar-refractivity contribution in [3.05, 3.63) is 11.1 Å². The Bertz CT molecular complexity index is 408. The molecule has 5 nitrogen and oxygen atoms in total. The van der Waals surface area contributed by atoms with Crippen LogP contribution in [0.4, 0.5) is 5.13 Å². The normalized spacial score (nSPS) is 19.9. The van der Waals surface area contributed by atoms with Crippen molar-refractivity contribution in [1.29, 1.82) is 0 Å². The summed E-state index contributed by atoms with van der Waals surface area (Å²) in [5.41, 5.74) is 1.12. The first-order valence-electron chi connectivity index (χ1n) is 6.10. The molecular formula is C12H18N2O3S. The molecule has 100 valence electrons. The lowest BCUT2D eigenvalue weighted by Gasteiger charge is -2.32. The van der Waals surface area contributed by atoms with E-state index in [4.69, 9.17) is 4.74 Å². The van der Waals surface area contributed by atoms with Crippen molar-refractivity contribution < 1.29 is 14.3 Å². The molecule has 0 amide bonds. The minimum absolute atomic E-state index is 0.0971. The molecule has 1 unspecified atom stereocenters. The molecule has 1 aliphatic rings. The molecule has 1 saturated heterocycles. The van der Waals surface area contributed by atoms with Crippen LogP contribution in [-0.2, 0) is 20.7 Å². The highest BCUT2D eigenvalue weighted by atomic mass is 32.1. The van der Waals surface area contributed by atoms with Gasteiger partial charge in [0.2, 0.25) is 0 Å². The predicted molar refractivity (Wildman–Crippen MR) is 70.1 cm³/mol. The van der Waals surface area contributed by atoms with Crippen LogP contribution in [0.2, 0.25) is 0 Å². The van der Waals surface area contributed by atoms with E-state index in [0.29, 0.717) is 19.6 Å². The SMILES string of the molecule is CCc1csc(N2CCOC(CC(=O)OC)C2)n1. The number of carbonyl (C=O) groups excluding carboxylic acids is 1. The topological polar surface area (TPSA) is 51.7 Å². The first-order valence-corrected chi connectivity index (χ1v) is 6.98. The fourth-order valence-corrected chi connectivity index (χ4v) is 2.84. The van der Waals surface area contributed by atoms with Crippen LogP contribution in [0.15, 0.2) is 5.38 Å². The molecule has 18 heavy (non-hydrogen) atoms. The Labute approximate surface area is 111 Å². The number of aryl methyl sites for hydroxylation is 1. The summed E-state index contributed by atoms with van der Waals surface area (Å²) < 4.78 is 10.2. The lowest BCUT2D eigenvalue weighted by Crippen LogP contribution is -2.43. The van der Waals surface area contributed by atoms with Gasteiger partial charge >= 0.3 is 5.97 Å². The Morgan fingerprint density at radius 2 is 2.56 bits per heavy atom. The fraction of sp³-hybridized carbons (Fsp3) is 0.667. The molecule has 0 bridgehead atoms. The number of rotatable bonds is 4. The van der Waals surface area contributed by atoms with Gasteiger partial charge in [-0.05, 0) is 6.42 Å². The zero-order valence-electron chi connectivity index (χ0n) is 10.7. The van der Waals surface area contributed by atoms with Gasteiger partial charge in [0.15, 0.2) is 5.13 Å². The highest BCUT2D eigenvalue weighted by Gasteiger charge is 2.24. The monoisotopic (exact) mass is 270 g/mol. The molecule has 0 N–H and O–H groups in total. The van der Waals surface area contributed by atoms with Crippen molar-refractivity contribution in [2.45, 2.75) is 25.9 Å². The van der Waals surface area contributed by atoms with Gasteiger partial charge in [0.05, 0.1) is 31.9 Å². The third kappa shape index (κ3) is 3.20. The van der Waals surface area contributed by atoms with E-state index in [9.17, 15) is 4.79 Å². The summed E-state index contributed by atoms with van der Waals surface area (Å²) in [5, 5.41) is 3.10. The van der Waals surface area contributed by atoms with E-state index in [1.54, 1.807) is 11.3 Å². The number of esters is 1. The van der Waals surface area contributed by atoms with Crippen LogP contribution in [0.3, 0.4) is 0 Å². The molecule has 1 aromatic rings. The van der Waals surface area contributed by atoms with Crippen molar-refractivity contribution in [2.75, 3.05) is 31.7 Å². The Hall–Kier alpha value is -1.14. The van der Waals surface area contributed by atoms with E-state index in [2.05, 4.69) is 26.9 Å². The summed E-state index contributed by atoms with van der Waals surface area (Å²) in [5.74, 6) is -0.227. The molecule has 1 aliphatic heterocycles. The number of hydrogen-bond acceptors (Lipinski definition) is 6. The maximum Gasteiger partial charge on any atom is 0.308 e.